The number of likely N-dealkylation sites (tertiary alicyclic amines) is 1. The van der Waals surface area contributed by atoms with Crippen LogP contribution in [0.1, 0.15) is 41.0 Å². The van der Waals surface area contributed by atoms with E-state index in [1.54, 1.807) is 5.32 Å². The highest BCUT2D eigenvalue weighted by molar-refractivity contribution is 5.94. The van der Waals surface area contributed by atoms with E-state index < -0.39 is 46.9 Å². The van der Waals surface area contributed by atoms with Crippen molar-refractivity contribution in [3.05, 3.63) is 0 Å². The number of carbonyl (C=O) groups is 3. The summed E-state index contributed by atoms with van der Waals surface area (Å²) in [6, 6.07) is -2.54. The normalized spacial score (nSPS) is 35.2. The van der Waals surface area contributed by atoms with Crippen LogP contribution >= 0.6 is 0 Å². The number of alkyl halides is 3. The minimum absolute atomic E-state index is 0.199. The highest BCUT2D eigenvalue weighted by Gasteiger charge is 3.02. The summed E-state index contributed by atoms with van der Waals surface area (Å²) in [5.41, 5.74) is -1.98. The molecule has 9 heteroatoms. The fraction of sp³-hybridized carbons (Fsp3) is 0.824. The summed E-state index contributed by atoms with van der Waals surface area (Å²) in [4.78, 5) is 37.4. The van der Waals surface area contributed by atoms with Crippen LogP contribution in [-0.4, -0.2) is 52.6 Å². The van der Waals surface area contributed by atoms with Gasteiger partial charge in [-0.1, -0.05) is 34.6 Å². The Kier molecular flexibility index (Phi) is 3.45. The molecule has 146 valence electrons. The van der Waals surface area contributed by atoms with Crippen molar-refractivity contribution < 1.29 is 32.7 Å². The summed E-state index contributed by atoms with van der Waals surface area (Å²) in [5.74, 6) is -4.13. The molecule has 2 saturated carbocycles. The monoisotopic (exact) mass is 376 g/mol. The second kappa shape index (κ2) is 4.72. The summed E-state index contributed by atoms with van der Waals surface area (Å²) in [5, 5.41) is 11.4. The van der Waals surface area contributed by atoms with Crippen molar-refractivity contribution >= 4 is 17.8 Å². The largest absolute Gasteiger partial charge is 0.480 e. The molecule has 3 rings (SSSR count). The van der Waals surface area contributed by atoms with Crippen molar-refractivity contribution in [1.82, 2.24) is 10.2 Å². The Morgan fingerprint density at radius 2 is 1.73 bits per heavy atom. The van der Waals surface area contributed by atoms with Gasteiger partial charge < -0.3 is 15.3 Å². The third-order valence-electron chi connectivity index (χ3n) is 6.94. The van der Waals surface area contributed by atoms with Crippen LogP contribution in [0, 0.1) is 21.7 Å². The molecule has 2 amide bonds. The van der Waals surface area contributed by atoms with Crippen molar-refractivity contribution in [3.8, 4) is 0 Å². The summed E-state index contributed by atoms with van der Waals surface area (Å²) in [7, 11) is 0. The number of amides is 2. The van der Waals surface area contributed by atoms with Gasteiger partial charge in [-0.3, -0.25) is 9.59 Å². The predicted molar refractivity (Wildman–Crippen MR) is 83.8 cm³/mol. The first kappa shape index (κ1) is 19.0. The summed E-state index contributed by atoms with van der Waals surface area (Å²) < 4.78 is 38.0. The van der Waals surface area contributed by atoms with Gasteiger partial charge in [0.1, 0.15) is 12.1 Å². The molecule has 0 aromatic carbocycles. The van der Waals surface area contributed by atoms with Gasteiger partial charge in [-0.25, -0.2) is 4.79 Å². The number of nitrogens with zero attached hydrogens (tertiary/aromatic N) is 1. The first-order valence-electron chi connectivity index (χ1n) is 8.45. The van der Waals surface area contributed by atoms with Crippen LogP contribution < -0.4 is 5.32 Å². The second-order valence-corrected chi connectivity index (χ2v) is 9.33. The molecule has 0 radical (unpaired) electrons. The average Bonchev–Trinajstić information content (AvgIpc) is 3.16. The molecule has 0 aromatic heterocycles. The SMILES string of the molecule is CC(C)(C)[C@H](NC(=O)C(F)(F)F)C(=O)N1C[C@@]23CC2([C@H]1C(=O)O)C3(C)C. The number of nitrogens with one attached hydrogen (secondary N) is 1. The van der Waals surface area contributed by atoms with Crippen LogP contribution in [0.2, 0.25) is 0 Å². The standard InChI is InChI=1S/C17H23F3N2O4/c1-13(2,3)8(21-12(26)17(18,19)20)10(23)22-7-15-6-16(15,14(15,4)5)9(22)11(24)25/h8-9H,6-7H2,1-5H3,(H,21,26)(H,24,25)/t8-,9-,15-,16?/m1/s1. The molecule has 1 aliphatic heterocycles. The first-order chi connectivity index (χ1) is 11.5. The summed E-state index contributed by atoms with van der Waals surface area (Å²) >= 11 is 0. The minimum atomic E-state index is -5.12. The van der Waals surface area contributed by atoms with E-state index in [0.717, 1.165) is 4.90 Å². The van der Waals surface area contributed by atoms with Crippen molar-refractivity contribution in [3.63, 3.8) is 0 Å². The maximum atomic E-state index is 13.0. The van der Waals surface area contributed by atoms with Gasteiger partial charge in [-0.05, 0) is 17.3 Å². The lowest BCUT2D eigenvalue weighted by molar-refractivity contribution is -0.176. The van der Waals surface area contributed by atoms with Crippen molar-refractivity contribution in [1.29, 1.82) is 0 Å². The van der Waals surface area contributed by atoms with E-state index in [-0.39, 0.29) is 17.4 Å². The van der Waals surface area contributed by atoms with E-state index in [9.17, 15) is 32.7 Å². The number of carbonyl (C=O) groups excluding carboxylic acids is 2. The Morgan fingerprint density at radius 3 is 2.12 bits per heavy atom. The maximum Gasteiger partial charge on any atom is 0.471 e. The van der Waals surface area contributed by atoms with Gasteiger partial charge in [0.05, 0.1) is 0 Å². The van der Waals surface area contributed by atoms with Crippen LogP contribution in [0.15, 0.2) is 0 Å². The molecular formula is C17H23F3N2O4. The first-order valence-corrected chi connectivity index (χ1v) is 8.45. The summed E-state index contributed by atoms with van der Waals surface area (Å²) in [6.45, 7) is 8.70. The number of carboxylic acid groups (broad SMARTS) is 1. The van der Waals surface area contributed by atoms with Crippen molar-refractivity contribution in [2.24, 2.45) is 21.7 Å². The maximum absolute atomic E-state index is 13.0. The zero-order valence-electron chi connectivity index (χ0n) is 15.3. The lowest BCUT2D eigenvalue weighted by atomic mass is 9.79. The van der Waals surface area contributed by atoms with Gasteiger partial charge in [0.2, 0.25) is 5.91 Å². The average molecular weight is 376 g/mol. The van der Waals surface area contributed by atoms with Gasteiger partial charge in [0, 0.05) is 17.4 Å². The number of hydrogen-bond donors (Lipinski definition) is 2. The van der Waals surface area contributed by atoms with Crippen molar-refractivity contribution in [2.75, 3.05) is 6.54 Å². The van der Waals surface area contributed by atoms with Crippen LogP contribution in [-0.2, 0) is 14.4 Å². The molecule has 2 N–H and O–H groups in total. The van der Waals surface area contributed by atoms with Gasteiger partial charge in [-0.15, -0.1) is 0 Å². The highest BCUT2D eigenvalue weighted by Crippen LogP contribution is 3.00. The Labute approximate surface area is 149 Å². The van der Waals surface area contributed by atoms with E-state index >= 15 is 0 Å². The number of rotatable bonds is 3. The molecule has 3 fully saturated rings. The van der Waals surface area contributed by atoms with Gasteiger partial charge in [0.15, 0.2) is 0 Å². The zero-order chi connectivity index (χ0) is 20.1. The Bertz CT molecular complexity index is 712. The number of carboxylic acids is 1. The molecule has 0 bridgehead atoms. The molecule has 1 unspecified atom stereocenters. The lowest BCUT2D eigenvalue weighted by Gasteiger charge is -2.41. The van der Waals surface area contributed by atoms with Crippen molar-refractivity contribution in [2.45, 2.75) is 59.3 Å². The van der Waals surface area contributed by atoms with Crippen LogP contribution in [0.25, 0.3) is 0 Å². The zero-order valence-corrected chi connectivity index (χ0v) is 15.3. The molecule has 4 atom stereocenters. The van der Waals surface area contributed by atoms with Crippen LogP contribution in [0.4, 0.5) is 13.2 Å². The number of halogens is 3. The number of aliphatic carboxylic acids is 1. The minimum Gasteiger partial charge on any atom is -0.480 e. The number of piperidine rings is 2. The van der Waals surface area contributed by atoms with E-state index in [0.29, 0.717) is 6.42 Å². The van der Waals surface area contributed by atoms with Gasteiger partial charge in [0.25, 0.3) is 0 Å². The molecule has 0 aromatic rings. The van der Waals surface area contributed by atoms with E-state index in [4.69, 9.17) is 0 Å². The third-order valence-corrected chi connectivity index (χ3v) is 6.94. The highest BCUT2D eigenvalue weighted by atomic mass is 19.4. The Morgan fingerprint density at radius 1 is 1.19 bits per heavy atom. The lowest BCUT2D eigenvalue weighted by Crippen LogP contribution is -2.61. The topological polar surface area (TPSA) is 86.7 Å². The molecular weight excluding hydrogens is 353 g/mol. The Hall–Kier alpha value is -1.80. The van der Waals surface area contributed by atoms with Crippen LogP contribution in [0.5, 0.6) is 0 Å². The molecule has 6 nitrogen and oxygen atoms in total. The number of hydrogen-bond acceptors (Lipinski definition) is 3. The molecule has 1 saturated heterocycles. The van der Waals surface area contributed by atoms with E-state index in [1.165, 1.54) is 20.8 Å². The molecule has 3 aliphatic rings. The molecule has 0 spiro atoms. The van der Waals surface area contributed by atoms with Gasteiger partial charge >= 0.3 is 18.1 Å². The molecule has 2 aliphatic carbocycles. The Balaban J connectivity index is 1.87. The quantitative estimate of drug-likeness (QED) is 0.786. The van der Waals surface area contributed by atoms with Gasteiger partial charge in [-0.2, -0.15) is 13.2 Å². The fourth-order valence-corrected chi connectivity index (χ4v) is 5.28. The predicted octanol–water partition coefficient (Wildman–Crippen LogP) is 1.79. The van der Waals surface area contributed by atoms with E-state index in [1.807, 2.05) is 13.8 Å². The summed E-state index contributed by atoms with van der Waals surface area (Å²) in [6.07, 6.45) is -4.41. The third kappa shape index (κ3) is 2.02. The van der Waals surface area contributed by atoms with Crippen LogP contribution in [0.3, 0.4) is 0 Å². The second-order valence-electron chi connectivity index (χ2n) is 9.33. The van der Waals surface area contributed by atoms with E-state index in [2.05, 4.69) is 0 Å². The fourth-order valence-electron chi connectivity index (χ4n) is 5.28. The molecule has 26 heavy (non-hydrogen) atoms. The smallest absolute Gasteiger partial charge is 0.471 e. The molecule has 1 heterocycles.